The van der Waals surface area contributed by atoms with Crippen molar-refractivity contribution in [1.29, 1.82) is 0 Å². The Morgan fingerprint density at radius 3 is 1.20 bits per heavy atom. The summed E-state index contributed by atoms with van der Waals surface area (Å²) in [5.41, 5.74) is 5.98. The second-order valence-corrected chi connectivity index (χ2v) is 23.4. The molecule has 24 nitrogen and oxygen atoms in total. The first-order valence-corrected chi connectivity index (χ1v) is 32.0. The van der Waals surface area contributed by atoms with Gasteiger partial charge in [0.05, 0.1) is 77.0 Å². The van der Waals surface area contributed by atoms with Crippen LogP contribution in [0, 0.1) is 0 Å². The van der Waals surface area contributed by atoms with Gasteiger partial charge in [-0.1, -0.05) is 19.1 Å². The minimum absolute atomic E-state index is 0.0675. The van der Waals surface area contributed by atoms with Crippen molar-refractivity contribution in [1.82, 2.24) is 54.6 Å². The third-order valence-corrected chi connectivity index (χ3v) is 17.3. The maximum absolute atomic E-state index is 12.3. The lowest BCUT2D eigenvalue weighted by molar-refractivity contribution is 0.122. The van der Waals surface area contributed by atoms with Crippen LogP contribution >= 0.6 is 0 Å². The van der Waals surface area contributed by atoms with Gasteiger partial charge in [0.25, 0.3) is 16.7 Å². The van der Waals surface area contributed by atoms with Gasteiger partial charge >= 0.3 is 0 Å². The SMILES string of the molecule is CCOc1cc(CN2CCC(c3cc(=O)[nH]c(N4CCOCC4)n3)CC2)ccc1O.CCOc1cc(CN2CCC(c3cc(=O)[nH]c(N4CCOCC4)n3)CC2)ccc1OC.CCc1ncc(CN2CCC(c3cc(=O)[nH]c(N4CCOCC4)n3)CC2)cn1. The van der Waals surface area contributed by atoms with Crippen LogP contribution in [-0.4, -0.2) is 198 Å². The summed E-state index contributed by atoms with van der Waals surface area (Å²) in [5, 5.41) is 9.89. The van der Waals surface area contributed by atoms with Crippen LogP contribution in [0.2, 0.25) is 0 Å². The maximum Gasteiger partial charge on any atom is 0.252 e. The molecule has 4 aromatic heterocycles. The largest absolute Gasteiger partial charge is 0.504 e. The smallest absolute Gasteiger partial charge is 0.252 e. The molecule has 24 heteroatoms. The van der Waals surface area contributed by atoms with Gasteiger partial charge in [-0.3, -0.25) is 44.0 Å². The predicted octanol–water partition coefficient (Wildman–Crippen LogP) is 5.82. The highest BCUT2D eigenvalue weighted by molar-refractivity contribution is 5.44. The van der Waals surface area contributed by atoms with E-state index in [-0.39, 0.29) is 22.4 Å². The highest BCUT2D eigenvalue weighted by Crippen LogP contribution is 2.34. The first-order valence-electron chi connectivity index (χ1n) is 32.0. The second-order valence-electron chi connectivity index (χ2n) is 23.4. The molecule has 6 aliphatic rings. The highest BCUT2D eigenvalue weighted by atomic mass is 16.5. The normalized spacial score (nSPS) is 18.6. The van der Waals surface area contributed by atoms with E-state index in [9.17, 15) is 19.5 Å². The predicted molar refractivity (Wildman–Crippen MR) is 340 cm³/mol. The number of rotatable bonds is 18. The second kappa shape index (κ2) is 32.3. The molecule has 12 rings (SSSR count). The zero-order chi connectivity index (χ0) is 61.9. The van der Waals surface area contributed by atoms with Crippen molar-refractivity contribution in [3.63, 3.8) is 0 Å². The molecule has 0 amide bonds. The molecule has 480 valence electrons. The van der Waals surface area contributed by atoms with Gasteiger partial charge in [0.2, 0.25) is 17.8 Å². The number of likely N-dealkylation sites (tertiary alicyclic amines) is 3. The number of morpholine rings is 3. The zero-order valence-electron chi connectivity index (χ0n) is 52.3. The summed E-state index contributed by atoms with van der Waals surface area (Å²) in [5.74, 6) is 6.11. The van der Waals surface area contributed by atoms with Crippen molar-refractivity contribution in [2.45, 2.75) is 103 Å². The van der Waals surface area contributed by atoms with Crippen LogP contribution in [0.3, 0.4) is 0 Å². The first-order chi connectivity index (χ1) is 43.5. The van der Waals surface area contributed by atoms with Gasteiger partial charge in [0.15, 0.2) is 23.0 Å². The molecule has 0 unspecified atom stereocenters. The summed E-state index contributed by atoms with van der Waals surface area (Å²) in [6, 6.07) is 16.7. The lowest BCUT2D eigenvalue weighted by Crippen LogP contribution is -2.39. The van der Waals surface area contributed by atoms with Crippen LogP contribution in [0.15, 0.2) is 81.4 Å². The number of phenols is 1. The number of methoxy groups -OCH3 is 1. The van der Waals surface area contributed by atoms with E-state index in [1.807, 2.05) is 44.4 Å². The van der Waals surface area contributed by atoms with Crippen LogP contribution in [0.25, 0.3) is 0 Å². The van der Waals surface area contributed by atoms with Gasteiger partial charge in [-0.2, -0.15) is 0 Å². The Hall–Kier alpha value is -7.48. The molecule has 4 N–H and O–H groups in total. The summed E-state index contributed by atoms with van der Waals surface area (Å²) in [6.45, 7) is 24.0. The monoisotopic (exact) mass is 1230 g/mol. The third-order valence-electron chi connectivity index (χ3n) is 17.3. The number of phenolic OH excluding ortho intramolecular Hbond substituents is 1. The van der Waals surface area contributed by atoms with E-state index in [1.165, 1.54) is 5.56 Å². The summed E-state index contributed by atoms with van der Waals surface area (Å²) >= 11 is 0. The van der Waals surface area contributed by atoms with Gasteiger partial charge in [-0.15, -0.1) is 0 Å². The third kappa shape index (κ3) is 18.3. The van der Waals surface area contributed by atoms with Gasteiger partial charge in [-0.25, -0.2) is 24.9 Å². The number of aromatic hydroxyl groups is 1. The van der Waals surface area contributed by atoms with Gasteiger partial charge in [-0.05, 0) is 127 Å². The molecule has 0 saturated carbocycles. The lowest BCUT2D eigenvalue weighted by Gasteiger charge is -2.32. The quantitative estimate of drug-likeness (QED) is 0.0790. The number of aromatic nitrogens is 8. The van der Waals surface area contributed by atoms with Crippen molar-refractivity contribution in [2.75, 3.05) is 153 Å². The van der Waals surface area contributed by atoms with Crippen LogP contribution < -0.4 is 45.6 Å². The highest BCUT2D eigenvalue weighted by Gasteiger charge is 2.28. The number of hydrogen-bond donors (Lipinski definition) is 4. The van der Waals surface area contributed by atoms with Crippen LogP contribution in [0.5, 0.6) is 23.0 Å². The average molecular weight is 1230 g/mol. The van der Waals surface area contributed by atoms with E-state index in [1.54, 1.807) is 31.4 Å². The molecule has 10 heterocycles. The molecule has 6 saturated heterocycles. The van der Waals surface area contributed by atoms with Crippen molar-refractivity contribution >= 4 is 17.8 Å². The molecular weight excluding hydrogens is 1140 g/mol. The molecule has 6 aliphatic heterocycles. The van der Waals surface area contributed by atoms with Crippen molar-refractivity contribution < 1.29 is 33.5 Å². The zero-order valence-corrected chi connectivity index (χ0v) is 52.3. The molecule has 6 fully saturated rings. The minimum atomic E-state index is -0.0866. The average Bonchev–Trinajstić information content (AvgIpc) is 2.95. The van der Waals surface area contributed by atoms with Gasteiger partial charge in [0, 0.05) is 119 Å². The number of hydrogen-bond acceptors (Lipinski definition) is 21. The first kappa shape index (κ1) is 64.5. The standard InChI is InChI=1S/C23H32N4O4.C22H30N4O4.C20H28N6O2/c1-3-31-21-14-17(4-5-20(21)29-2)16-26-8-6-18(7-9-26)19-15-22(28)25-23(24-19)27-10-12-30-13-11-27;1-2-30-20-13-16(3-4-19(20)27)15-25-7-5-17(6-8-25)18-14-21(28)24-22(23-18)26-9-11-29-12-10-26;1-2-18-21-12-15(13-22-18)14-25-5-3-16(4-6-25)17-11-19(27)24-20(23-17)26-7-9-28-10-8-26/h4-5,14-15,18H,3,6-13,16H2,1-2H3,(H,24,25,28);3-4,13-14,17,27H,2,5-12,15H2,1H3,(H,23,24,28);11-13,16H,2-10,14H2,1H3,(H,23,24,27). The van der Waals surface area contributed by atoms with E-state index in [0.29, 0.717) is 94.2 Å². The summed E-state index contributed by atoms with van der Waals surface area (Å²) < 4.78 is 32.8. The van der Waals surface area contributed by atoms with Gasteiger partial charge < -0.3 is 48.2 Å². The van der Waals surface area contributed by atoms with E-state index in [2.05, 4.69) is 73.4 Å². The Bertz CT molecular complexity index is 3340. The number of piperidine rings is 3. The number of nitrogens with zero attached hydrogens (tertiary/aromatic N) is 11. The Morgan fingerprint density at radius 2 is 0.831 bits per heavy atom. The van der Waals surface area contributed by atoms with E-state index in [4.69, 9.17) is 43.4 Å². The Balaban J connectivity index is 0.000000147. The molecule has 0 radical (unpaired) electrons. The van der Waals surface area contributed by atoms with Gasteiger partial charge in [0.1, 0.15) is 5.82 Å². The van der Waals surface area contributed by atoms with Crippen LogP contribution in [0.4, 0.5) is 17.8 Å². The molecular formula is C65H90N14O10. The fraction of sp³-hybridized carbons (Fsp3) is 0.569. The summed E-state index contributed by atoms with van der Waals surface area (Å²) in [6.07, 6.45) is 10.7. The summed E-state index contributed by atoms with van der Waals surface area (Å²) in [4.78, 5) is 82.0. The Morgan fingerprint density at radius 1 is 0.472 bits per heavy atom. The molecule has 6 aromatic rings. The van der Waals surface area contributed by atoms with Crippen LogP contribution in [-0.2, 0) is 40.3 Å². The Labute approximate surface area is 520 Å². The fourth-order valence-electron chi connectivity index (χ4n) is 12.4. The minimum Gasteiger partial charge on any atom is -0.504 e. The number of anilines is 3. The molecule has 89 heavy (non-hydrogen) atoms. The number of aryl methyl sites for hydroxylation is 1. The number of aromatic amines is 3. The van der Waals surface area contributed by atoms with E-state index < -0.39 is 0 Å². The molecule has 2 aromatic carbocycles. The molecule has 0 atom stereocenters. The molecule has 0 spiro atoms. The van der Waals surface area contributed by atoms with E-state index in [0.717, 1.165) is 189 Å². The number of H-pyrrole nitrogens is 3. The maximum atomic E-state index is 12.3. The molecule has 0 bridgehead atoms. The molecule has 0 aliphatic carbocycles. The number of ether oxygens (including phenoxy) is 6. The van der Waals surface area contributed by atoms with Crippen molar-refractivity contribution in [3.05, 3.63) is 138 Å². The fourth-order valence-corrected chi connectivity index (χ4v) is 12.4. The lowest BCUT2D eigenvalue weighted by atomic mass is 9.93. The van der Waals surface area contributed by atoms with Crippen LogP contribution in [0.1, 0.15) is 117 Å². The topological polar surface area (TPSA) is 258 Å². The van der Waals surface area contributed by atoms with Crippen molar-refractivity contribution in [2.24, 2.45) is 0 Å². The van der Waals surface area contributed by atoms with E-state index >= 15 is 0 Å². The van der Waals surface area contributed by atoms with Crippen molar-refractivity contribution in [3.8, 4) is 23.0 Å². The Kier molecular flexibility index (Phi) is 23.4. The number of nitrogens with one attached hydrogen (secondary N) is 3. The summed E-state index contributed by atoms with van der Waals surface area (Å²) in [7, 11) is 1.66. The number of benzene rings is 2.